The van der Waals surface area contributed by atoms with E-state index in [-0.39, 0.29) is 17.0 Å². The molecule has 0 aliphatic carbocycles. The smallest absolute Gasteiger partial charge is 0.299 e. The summed E-state index contributed by atoms with van der Waals surface area (Å²) >= 11 is 1.37. The molecule has 0 radical (unpaired) electrons. The molecule has 0 unspecified atom stereocenters. The number of hydrogen-bond donors (Lipinski definition) is 1. The van der Waals surface area contributed by atoms with Crippen LogP contribution in [-0.2, 0) is 36.4 Å². The van der Waals surface area contributed by atoms with Gasteiger partial charge in [-0.1, -0.05) is 12.1 Å². The van der Waals surface area contributed by atoms with Crippen molar-refractivity contribution in [3.63, 3.8) is 0 Å². The Balaban J connectivity index is 1.02. The number of aryl methyl sites for hydroxylation is 2. The quantitative estimate of drug-likeness (QED) is 0.252. The van der Waals surface area contributed by atoms with Gasteiger partial charge in [0.25, 0.3) is 17.7 Å². The topological polar surface area (TPSA) is 181 Å². The fourth-order valence-electron chi connectivity index (χ4n) is 6.16. The number of anilines is 3. The third kappa shape index (κ3) is 6.28. The SMILES string of the molecule is Cc1nc(-c2nc(N3CCc4c(sc(NC(=O)c5cnn(C)c5)c4C#N)C3)no2)nn1Cc1cccc(N2CCC(S(C)(=O)=O)CC2)c1. The third-order valence-corrected chi connectivity index (χ3v) is 11.6. The van der Waals surface area contributed by atoms with Crippen LogP contribution in [0.1, 0.15) is 50.6 Å². The van der Waals surface area contributed by atoms with Crippen LogP contribution >= 0.6 is 11.3 Å². The van der Waals surface area contributed by atoms with Crippen molar-refractivity contribution in [2.75, 3.05) is 41.0 Å². The van der Waals surface area contributed by atoms with E-state index in [0.717, 1.165) is 21.7 Å². The number of nitrogens with zero attached hydrogens (tertiary/aromatic N) is 10. The van der Waals surface area contributed by atoms with Crippen molar-refractivity contribution in [1.29, 1.82) is 5.26 Å². The van der Waals surface area contributed by atoms with E-state index in [2.05, 4.69) is 47.7 Å². The van der Waals surface area contributed by atoms with E-state index in [9.17, 15) is 18.5 Å². The summed E-state index contributed by atoms with van der Waals surface area (Å²) in [5, 5.41) is 25.9. The van der Waals surface area contributed by atoms with Gasteiger partial charge in [-0.05, 0) is 54.6 Å². The summed E-state index contributed by atoms with van der Waals surface area (Å²) in [6.45, 7) is 4.77. The van der Waals surface area contributed by atoms with E-state index in [4.69, 9.17) is 4.52 Å². The molecule has 5 aromatic rings. The number of hydrogen-bond acceptors (Lipinski definition) is 13. The van der Waals surface area contributed by atoms with Crippen molar-refractivity contribution in [2.45, 2.75) is 44.5 Å². The molecule has 0 spiro atoms. The van der Waals surface area contributed by atoms with Gasteiger partial charge in [-0.25, -0.2) is 18.1 Å². The lowest BCUT2D eigenvalue weighted by Crippen LogP contribution is -2.39. The lowest BCUT2D eigenvalue weighted by Gasteiger charge is -2.33. The third-order valence-electron chi connectivity index (χ3n) is 8.76. The van der Waals surface area contributed by atoms with E-state index >= 15 is 0 Å². The van der Waals surface area contributed by atoms with Crippen LogP contribution in [0.25, 0.3) is 11.7 Å². The Bertz CT molecular complexity index is 2150. The molecule has 7 rings (SSSR count). The first-order chi connectivity index (χ1) is 23.1. The Morgan fingerprint density at radius 3 is 2.73 bits per heavy atom. The van der Waals surface area contributed by atoms with E-state index in [1.54, 1.807) is 22.6 Å². The molecule has 1 fully saturated rings. The zero-order valence-corrected chi connectivity index (χ0v) is 28.3. The highest BCUT2D eigenvalue weighted by Crippen LogP contribution is 2.38. The number of thiophene rings is 1. The van der Waals surface area contributed by atoms with Crippen molar-refractivity contribution in [1.82, 2.24) is 34.7 Å². The summed E-state index contributed by atoms with van der Waals surface area (Å²) in [7, 11) is -1.29. The molecule has 2 aliphatic heterocycles. The first-order valence-corrected chi connectivity index (χ1v) is 18.2. The minimum atomic E-state index is -3.03. The van der Waals surface area contributed by atoms with Crippen molar-refractivity contribution >= 4 is 43.7 Å². The Morgan fingerprint density at radius 2 is 2.00 bits per heavy atom. The molecule has 1 N–H and O–H groups in total. The maximum absolute atomic E-state index is 12.7. The molecule has 17 heteroatoms. The second-order valence-corrected chi connectivity index (χ2v) is 15.5. The normalized spacial score (nSPS) is 15.4. The monoisotopic (exact) mass is 687 g/mol. The first kappa shape index (κ1) is 31.5. The number of aromatic nitrogens is 7. The number of nitrogens with one attached hydrogen (secondary N) is 1. The van der Waals surface area contributed by atoms with Crippen LogP contribution in [-0.4, -0.2) is 80.2 Å². The molecule has 48 heavy (non-hydrogen) atoms. The van der Waals surface area contributed by atoms with Gasteiger partial charge in [0.15, 0.2) is 0 Å². The van der Waals surface area contributed by atoms with Gasteiger partial charge in [-0.3, -0.25) is 9.48 Å². The van der Waals surface area contributed by atoms with Crippen molar-refractivity contribution in [3.8, 4) is 17.8 Å². The van der Waals surface area contributed by atoms with Crippen LogP contribution in [0.15, 0.2) is 41.2 Å². The van der Waals surface area contributed by atoms with Crippen LogP contribution < -0.4 is 15.1 Å². The zero-order chi connectivity index (χ0) is 33.6. The molecular weight excluding hydrogens is 655 g/mol. The minimum Gasteiger partial charge on any atom is -0.371 e. The minimum absolute atomic E-state index is 0.202. The van der Waals surface area contributed by atoms with E-state index in [1.165, 1.54) is 23.8 Å². The summed E-state index contributed by atoms with van der Waals surface area (Å²) in [4.78, 5) is 27.1. The highest BCUT2D eigenvalue weighted by atomic mass is 32.2. The molecule has 15 nitrogen and oxygen atoms in total. The predicted octanol–water partition coefficient (Wildman–Crippen LogP) is 3.18. The highest BCUT2D eigenvalue weighted by molar-refractivity contribution is 7.91. The summed E-state index contributed by atoms with van der Waals surface area (Å²) < 4.78 is 32.9. The number of sulfone groups is 1. The van der Waals surface area contributed by atoms with Gasteiger partial charge in [0, 0.05) is 49.7 Å². The molecule has 2 aliphatic rings. The molecular formula is C31H33N11O4S2. The van der Waals surface area contributed by atoms with Crippen LogP contribution in [0.4, 0.5) is 16.6 Å². The first-order valence-electron chi connectivity index (χ1n) is 15.4. The molecule has 0 saturated carbocycles. The number of piperidine rings is 1. The number of carbonyl (C=O) groups excluding carboxylic acids is 1. The fraction of sp³-hybridized carbons (Fsp3) is 0.387. The van der Waals surface area contributed by atoms with Gasteiger partial charge in [0.1, 0.15) is 26.7 Å². The van der Waals surface area contributed by atoms with Gasteiger partial charge in [0.2, 0.25) is 5.82 Å². The second-order valence-electron chi connectivity index (χ2n) is 12.1. The predicted molar refractivity (Wildman–Crippen MR) is 179 cm³/mol. The molecule has 6 heterocycles. The number of benzene rings is 1. The van der Waals surface area contributed by atoms with Crippen LogP contribution in [0, 0.1) is 18.3 Å². The summed E-state index contributed by atoms with van der Waals surface area (Å²) in [6, 6.07) is 10.4. The van der Waals surface area contributed by atoms with E-state index in [0.29, 0.717) is 85.7 Å². The average molecular weight is 688 g/mol. The van der Waals surface area contributed by atoms with E-state index in [1.807, 2.05) is 30.0 Å². The largest absolute Gasteiger partial charge is 0.371 e. The summed E-state index contributed by atoms with van der Waals surface area (Å²) in [5.74, 6) is 1.29. The van der Waals surface area contributed by atoms with Crippen molar-refractivity contribution in [3.05, 3.63) is 69.6 Å². The Kier molecular flexibility index (Phi) is 8.21. The van der Waals surface area contributed by atoms with Gasteiger partial charge in [-0.2, -0.15) is 15.3 Å². The standard InChI is InChI=1S/C31H33N11O4S2/c1-19-34-27(37-42(19)16-20-5-4-6-22(13-20)40-10-7-23(8-11-40)48(3,44)45)29-36-31(38-46-29)41-12-9-24-25(14-32)30(47-26(24)18-41)35-28(43)21-15-33-39(2)17-21/h4-6,13,15,17,23H,7-12,16,18H2,1-3H3,(H,35,43). The number of rotatable bonds is 8. The van der Waals surface area contributed by atoms with E-state index < -0.39 is 9.84 Å². The fourth-order valence-corrected chi connectivity index (χ4v) is 8.43. The Hall–Kier alpha value is -5.08. The number of fused-ring (bicyclic) bond motifs is 1. The molecule has 4 aromatic heterocycles. The number of amides is 1. The second kappa shape index (κ2) is 12.5. The summed E-state index contributed by atoms with van der Waals surface area (Å²) in [5.41, 5.74) is 3.91. The molecule has 248 valence electrons. The number of carbonyl (C=O) groups is 1. The van der Waals surface area contributed by atoms with Gasteiger partial charge >= 0.3 is 0 Å². The molecule has 0 bridgehead atoms. The highest BCUT2D eigenvalue weighted by Gasteiger charge is 2.29. The lowest BCUT2D eigenvalue weighted by molar-refractivity contribution is 0.102. The maximum Gasteiger partial charge on any atom is 0.299 e. The Morgan fingerprint density at radius 1 is 1.19 bits per heavy atom. The van der Waals surface area contributed by atoms with Crippen molar-refractivity contribution in [2.24, 2.45) is 7.05 Å². The lowest BCUT2D eigenvalue weighted by atomic mass is 10.0. The van der Waals surface area contributed by atoms with Crippen LogP contribution in [0.2, 0.25) is 0 Å². The molecule has 0 atom stereocenters. The maximum atomic E-state index is 12.7. The van der Waals surface area contributed by atoms with Gasteiger partial charge < -0.3 is 19.6 Å². The van der Waals surface area contributed by atoms with Crippen LogP contribution in [0.5, 0.6) is 0 Å². The van der Waals surface area contributed by atoms with Gasteiger partial charge in [-0.15, -0.1) is 16.4 Å². The van der Waals surface area contributed by atoms with Crippen LogP contribution in [0.3, 0.4) is 0 Å². The molecule has 1 amide bonds. The number of nitriles is 1. The summed E-state index contributed by atoms with van der Waals surface area (Å²) in [6.07, 6.45) is 6.26. The molecule has 1 aromatic carbocycles. The van der Waals surface area contributed by atoms with Gasteiger partial charge in [0.05, 0.1) is 35.7 Å². The molecule has 1 saturated heterocycles. The van der Waals surface area contributed by atoms with Crippen molar-refractivity contribution < 1.29 is 17.7 Å². The Labute approximate surface area is 280 Å². The zero-order valence-electron chi connectivity index (χ0n) is 26.6. The average Bonchev–Trinajstić information content (AvgIpc) is 3.87.